The number of nitrogens with zero attached hydrogens (tertiary/aromatic N) is 2. The van der Waals surface area contributed by atoms with Gasteiger partial charge in [0.1, 0.15) is 24.8 Å². The summed E-state index contributed by atoms with van der Waals surface area (Å²) in [5.41, 5.74) is 2.12. The van der Waals surface area contributed by atoms with E-state index in [-0.39, 0.29) is 36.7 Å². The molecule has 2 aromatic heterocycles. The van der Waals surface area contributed by atoms with E-state index in [0.717, 1.165) is 41.8 Å². The Morgan fingerprint density at radius 1 is 1.14 bits per heavy atom. The Morgan fingerprint density at radius 2 is 1.94 bits per heavy atom. The number of halogens is 1. The van der Waals surface area contributed by atoms with Gasteiger partial charge in [-0.15, -0.1) is 22.9 Å². The Balaban J connectivity index is 1.19. The molecule has 1 N–H and O–H groups in total. The molecule has 2 aliphatic heterocycles. The van der Waals surface area contributed by atoms with E-state index in [9.17, 15) is 14.4 Å². The highest BCUT2D eigenvalue weighted by molar-refractivity contribution is 7.17. The molecule has 0 radical (unpaired) electrons. The number of nitrogens with one attached hydrogen (secondary N) is 1. The summed E-state index contributed by atoms with van der Waals surface area (Å²) in [7, 11) is 0. The van der Waals surface area contributed by atoms with Crippen molar-refractivity contribution in [2.24, 2.45) is 5.92 Å². The summed E-state index contributed by atoms with van der Waals surface area (Å²) in [6, 6.07) is 6.54. The zero-order valence-corrected chi connectivity index (χ0v) is 20.9. The molecule has 4 atom stereocenters. The van der Waals surface area contributed by atoms with Crippen LogP contribution in [0.4, 0.5) is 0 Å². The molecule has 4 fully saturated rings. The lowest BCUT2D eigenvalue weighted by atomic mass is 9.96. The lowest BCUT2D eigenvalue weighted by Gasteiger charge is -2.30. The molecule has 7 nitrogen and oxygen atoms in total. The third-order valence-electron chi connectivity index (χ3n) is 7.73. The van der Waals surface area contributed by atoms with E-state index < -0.39 is 23.6 Å². The van der Waals surface area contributed by atoms with E-state index in [4.69, 9.17) is 16.3 Å². The molecule has 6 rings (SSSR count). The summed E-state index contributed by atoms with van der Waals surface area (Å²) in [4.78, 5) is 47.1. The maximum absolute atomic E-state index is 13.7. The van der Waals surface area contributed by atoms with Crippen molar-refractivity contribution in [1.82, 2.24) is 15.2 Å². The maximum atomic E-state index is 13.7. The molecule has 0 bridgehead atoms. The average Bonchev–Trinajstić information content (AvgIpc) is 3.25. The van der Waals surface area contributed by atoms with Gasteiger partial charge in [0.15, 0.2) is 5.78 Å². The third-order valence-corrected chi connectivity index (χ3v) is 9.25. The Kier molecular flexibility index (Phi) is 6.15. The molecular weight excluding hydrogens is 486 g/mol. The van der Waals surface area contributed by atoms with Gasteiger partial charge < -0.3 is 15.0 Å². The first-order valence-corrected chi connectivity index (χ1v) is 13.7. The first-order chi connectivity index (χ1) is 17.0. The number of pyridine rings is 1. The van der Waals surface area contributed by atoms with Crippen LogP contribution in [0.3, 0.4) is 0 Å². The molecule has 2 aromatic rings. The van der Waals surface area contributed by atoms with Crippen molar-refractivity contribution in [3.05, 3.63) is 41.0 Å². The second kappa shape index (κ2) is 9.30. The molecule has 4 heterocycles. The zero-order valence-electron chi connectivity index (χ0n) is 19.3. The van der Waals surface area contributed by atoms with Crippen molar-refractivity contribution >= 4 is 40.5 Å². The number of hydrogen-bond acceptors (Lipinski definition) is 6. The summed E-state index contributed by atoms with van der Waals surface area (Å²) >= 11 is 7.81. The van der Waals surface area contributed by atoms with E-state index in [0.29, 0.717) is 10.8 Å². The van der Waals surface area contributed by atoms with Crippen LogP contribution in [0.25, 0.3) is 10.4 Å². The topological polar surface area (TPSA) is 88.6 Å². The number of amides is 2. The molecular formula is C26H28ClN3O4S. The predicted octanol–water partition coefficient (Wildman–Crippen LogP) is 3.76. The quantitative estimate of drug-likeness (QED) is 0.594. The smallest absolute Gasteiger partial charge is 0.262 e. The Hall–Kier alpha value is -2.29. The average molecular weight is 514 g/mol. The van der Waals surface area contributed by atoms with Crippen LogP contribution < -0.4 is 5.32 Å². The van der Waals surface area contributed by atoms with E-state index in [1.807, 2.05) is 12.3 Å². The highest BCUT2D eigenvalue weighted by atomic mass is 35.5. The number of hydrogen-bond donors (Lipinski definition) is 1. The SMILES string of the molecule is O=C(NC(C(=O)N1CC(Cl)C2OCC(=O)C21)C1CCCC1)c1ccc(-c2ccc(C3CC3)nc2)s1. The standard InChI is InChI=1S/C26H28ClN3O4S/c27-17-12-30(23-19(31)13-34-24(17)23)26(33)22(15-3-1-2-4-15)29-25(32)21-10-9-20(35-21)16-7-8-18(28-11-16)14-5-6-14/h7-11,14-15,17,22-24H,1-6,12-13H2,(H,29,32). The molecule has 4 aliphatic rings. The highest BCUT2D eigenvalue weighted by Gasteiger charge is 2.53. The molecule has 2 saturated carbocycles. The number of Topliss-reactive ketones (excluding diaryl/α,β-unsaturated/α-hetero) is 1. The number of alkyl halides is 1. The van der Waals surface area contributed by atoms with Crippen LogP contribution >= 0.6 is 22.9 Å². The largest absolute Gasteiger partial charge is 0.366 e. The van der Waals surface area contributed by atoms with Gasteiger partial charge in [0.25, 0.3) is 5.91 Å². The van der Waals surface area contributed by atoms with Crippen LogP contribution in [0.2, 0.25) is 0 Å². The van der Waals surface area contributed by atoms with Crippen LogP contribution in [-0.4, -0.2) is 64.2 Å². The van der Waals surface area contributed by atoms with Gasteiger partial charge in [0.05, 0.1) is 10.3 Å². The van der Waals surface area contributed by atoms with Gasteiger partial charge in [-0.2, -0.15) is 0 Å². The van der Waals surface area contributed by atoms with Crippen molar-refractivity contribution in [3.8, 4) is 10.4 Å². The minimum absolute atomic E-state index is 0.0166. The lowest BCUT2D eigenvalue weighted by molar-refractivity contribution is -0.139. The fraction of sp³-hybridized carbons (Fsp3) is 0.538. The predicted molar refractivity (Wildman–Crippen MR) is 133 cm³/mol. The molecule has 0 spiro atoms. The number of likely N-dealkylation sites (tertiary alicyclic amines) is 1. The second-order valence-electron chi connectivity index (χ2n) is 10.1. The van der Waals surface area contributed by atoms with E-state index in [2.05, 4.69) is 22.4 Å². The summed E-state index contributed by atoms with van der Waals surface area (Å²) in [5, 5.41) is 2.61. The lowest BCUT2D eigenvalue weighted by Crippen LogP contribution is -2.54. The van der Waals surface area contributed by atoms with Gasteiger partial charge in [0.2, 0.25) is 5.91 Å². The number of rotatable bonds is 6. The molecule has 35 heavy (non-hydrogen) atoms. The molecule has 9 heteroatoms. The van der Waals surface area contributed by atoms with Crippen molar-refractivity contribution in [2.75, 3.05) is 13.2 Å². The van der Waals surface area contributed by atoms with Crippen LogP contribution in [0.5, 0.6) is 0 Å². The van der Waals surface area contributed by atoms with Gasteiger partial charge >= 0.3 is 0 Å². The van der Waals surface area contributed by atoms with Crippen LogP contribution in [0.15, 0.2) is 30.5 Å². The summed E-state index contributed by atoms with van der Waals surface area (Å²) in [5.74, 6) is 0.0486. The number of thiophene rings is 1. The van der Waals surface area contributed by atoms with Crippen LogP contribution in [0, 0.1) is 5.92 Å². The summed E-state index contributed by atoms with van der Waals surface area (Å²) in [6.45, 7) is 0.241. The van der Waals surface area contributed by atoms with Crippen molar-refractivity contribution < 1.29 is 19.1 Å². The van der Waals surface area contributed by atoms with Gasteiger partial charge in [-0.05, 0) is 49.8 Å². The molecule has 2 amide bonds. The third kappa shape index (κ3) is 4.41. The Bertz CT molecular complexity index is 1140. The van der Waals surface area contributed by atoms with E-state index in [1.54, 1.807) is 11.0 Å². The normalized spacial score (nSPS) is 27.3. The van der Waals surface area contributed by atoms with Crippen molar-refractivity contribution in [1.29, 1.82) is 0 Å². The Labute approximate surface area is 213 Å². The van der Waals surface area contributed by atoms with Gasteiger partial charge in [0, 0.05) is 34.8 Å². The summed E-state index contributed by atoms with van der Waals surface area (Å²) < 4.78 is 5.54. The summed E-state index contributed by atoms with van der Waals surface area (Å²) in [6.07, 6.45) is 7.65. The van der Waals surface area contributed by atoms with E-state index >= 15 is 0 Å². The van der Waals surface area contributed by atoms with Gasteiger partial charge in [-0.3, -0.25) is 19.4 Å². The van der Waals surface area contributed by atoms with E-state index in [1.165, 1.54) is 24.2 Å². The molecule has 0 aromatic carbocycles. The van der Waals surface area contributed by atoms with Crippen LogP contribution in [0.1, 0.15) is 59.8 Å². The van der Waals surface area contributed by atoms with Crippen molar-refractivity contribution in [2.45, 2.75) is 68.0 Å². The number of aromatic nitrogens is 1. The first-order valence-electron chi connectivity index (χ1n) is 12.5. The molecule has 4 unspecified atom stereocenters. The number of ketones is 1. The highest BCUT2D eigenvalue weighted by Crippen LogP contribution is 2.40. The van der Waals surface area contributed by atoms with Crippen LogP contribution in [-0.2, 0) is 14.3 Å². The molecule has 2 saturated heterocycles. The zero-order chi connectivity index (χ0) is 24.1. The fourth-order valence-electron chi connectivity index (χ4n) is 5.67. The molecule has 184 valence electrons. The first kappa shape index (κ1) is 23.1. The second-order valence-corrected chi connectivity index (χ2v) is 11.7. The number of fused-ring (bicyclic) bond motifs is 1. The van der Waals surface area contributed by atoms with Crippen molar-refractivity contribution in [3.63, 3.8) is 0 Å². The minimum atomic E-state index is -0.675. The number of ether oxygens (including phenoxy) is 1. The number of carbonyl (C=O) groups excluding carboxylic acids is 3. The monoisotopic (exact) mass is 513 g/mol. The number of carbonyl (C=O) groups is 3. The van der Waals surface area contributed by atoms with Gasteiger partial charge in [-0.25, -0.2) is 0 Å². The fourth-order valence-corrected chi connectivity index (χ4v) is 6.93. The minimum Gasteiger partial charge on any atom is -0.366 e. The molecule has 2 aliphatic carbocycles. The van der Waals surface area contributed by atoms with Gasteiger partial charge in [-0.1, -0.05) is 18.9 Å². The maximum Gasteiger partial charge on any atom is 0.262 e. The Morgan fingerprint density at radius 3 is 2.66 bits per heavy atom.